The monoisotopic (exact) mass is 350 g/mol. The lowest BCUT2D eigenvalue weighted by atomic mass is 10.2. The van der Waals surface area contributed by atoms with E-state index < -0.39 is 5.97 Å². The molecule has 0 unspecified atom stereocenters. The van der Waals surface area contributed by atoms with Crippen LogP contribution in [-0.2, 0) is 18.3 Å². The second kappa shape index (κ2) is 7.08. The summed E-state index contributed by atoms with van der Waals surface area (Å²) < 4.78 is 8.26. The topological polar surface area (TPSA) is 64.3 Å². The molecule has 0 bridgehead atoms. The minimum Gasteiger partial charge on any atom is -0.492 e. The van der Waals surface area contributed by atoms with E-state index in [1.807, 2.05) is 37.6 Å². The van der Waals surface area contributed by atoms with Crippen LogP contribution in [0.15, 0.2) is 41.1 Å². The number of carbonyl (C=O) groups is 1. The Hall–Kier alpha value is -2.08. The maximum absolute atomic E-state index is 10.5. The second-order valence-corrected chi connectivity index (χ2v) is 5.34. The van der Waals surface area contributed by atoms with Gasteiger partial charge in [0.15, 0.2) is 0 Å². The van der Waals surface area contributed by atoms with Crippen molar-refractivity contribution in [2.75, 3.05) is 6.61 Å². The molecule has 6 heteroatoms. The van der Waals surface area contributed by atoms with Gasteiger partial charge in [-0.15, -0.1) is 0 Å². The van der Waals surface area contributed by atoms with Crippen LogP contribution < -0.4 is 4.74 Å². The van der Waals surface area contributed by atoms with Crippen molar-refractivity contribution >= 4 is 28.0 Å². The number of ether oxygens (including phenoxy) is 1. The van der Waals surface area contributed by atoms with Gasteiger partial charge in [0.05, 0.1) is 17.3 Å². The third-order valence-electron chi connectivity index (χ3n) is 2.78. The molecule has 1 N–H and O–H groups in total. The molecule has 0 aliphatic rings. The van der Waals surface area contributed by atoms with E-state index in [9.17, 15) is 4.79 Å². The number of carboxylic acids is 1. The molecule has 5 nitrogen and oxygen atoms in total. The Morgan fingerprint density at radius 3 is 2.95 bits per heavy atom. The third kappa shape index (κ3) is 4.75. The smallest absolute Gasteiger partial charge is 0.328 e. The van der Waals surface area contributed by atoms with Crippen LogP contribution in [0.5, 0.6) is 5.75 Å². The normalized spacial score (nSPS) is 11.0. The maximum atomic E-state index is 10.5. The van der Waals surface area contributed by atoms with E-state index in [4.69, 9.17) is 9.84 Å². The first-order valence-corrected chi connectivity index (χ1v) is 7.15. The molecule has 1 heterocycles. The SMILES string of the molecule is Cn1cc(CCOc2ccc(/C=C/C(=O)O)cc2Br)cn1. The van der Waals surface area contributed by atoms with Gasteiger partial charge in [-0.25, -0.2) is 4.79 Å². The van der Waals surface area contributed by atoms with Crippen LogP contribution in [0, 0.1) is 0 Å². The second-order valence-electron chi connectivity index (χ2n) is 4.48. The molecule has 110 valence electrons. The lowest BCUT2D eigenvalue weighted by Crippen LogP contribution is -2.01. The summed E-state index contributed by atoms with van der Waals surface area (Å²) in [4.78, 5) is 10.5. The zero-order valence-electron chi connectivity index (χ0n) is 11.5. The molecule has 2 rings (SSSR count). The molecule has 0 atom stereocenters. The van der Waals surface area contributed by atoms with Crippen LogP contribution in [0.1, 0.15) is 11.1 Å². The largest absolute Gasteiger partial charge is 0.492 e. The first-order valence-electron chi connectivity index (χ1n) is 6.35. The van der Waals surface area contributed by atoms with E-state index in [0.29, 0.717) is 6.61 Å². The number of hydrogen-bond donors (Lipinski definition) is 1. The lowest BCUT2D eigenvalue weighted by Gasteiger charge is -2.08. The molecule has 21 heavy (non-hydrogen) atoms. The number of nitrogens with zero attached hydrogens (tertiary/aromatic N) is 2. The highest BCUT2D eigenvalue weighted by Gasteiger charge is 2.03. The molecule has 0 spiro atoms. The summed E-state index contributed by atoms with van der Waals surface area (Å²) in [5.41, 5.74) is 1.92. The minimum atomic E-state index is -0.970. The first-order chi connectivity index (χ1) is 10.0. The number of halogens is 1. The van der Waals surface area contributed by atoms with Gasteiger partial charge in [-0.3, -0.25) is 4.68 Å². The van der Waals surface area contributed by atoms with Crippen molar-refractivity contribution in [3.63, 3.8) is 0 Å². The summed E-state index contributed by atoms with van der Waals surface area (Å²) in [5.74, 6) is -0.241. The Bertz CT molecular complexity index is 665. The first kappa shape index (κ1) is 15.3. The number of carboxylic acid groups (broad SMARTS) is 1. The summed E-state index contributed by atoms with van der Waals surface area (Å²) >= 11 is 3.42. The van der Waals surface area contributed by atoms with Gasteiger partial charge in [0, 0.05) is 25.7 Å². The number of aliphatic carboxylic acids is 1. The molecule has 1 aromatic carbocycles. The zero-order valence-corrected chi connectivity index (χ0v) is 13.1. The number of aromatic nitrogens is 2. The van der Waals surface area contributed by atoms with Crippen LogP contribution in [0.2, 0.25) is 0 Å². The number of rotatable bonds is 6. The average Bonchev–Trinajstić information content (AvgIpc) is 2.84. The summed E-state index contributed by atoms with van der Waals surface area (Å²) in [6.45, 7) is 0.550. The molecular formula is C15H15BrN2O3. The van der Waals surface area contributed by atoms with Gasteiger partial charge in [0.2, 0.25) is 0 Å². The number of benzene rings is 1. The molecule has 0 fully saturated rings. The van der Waals surface area contributed by atoms with Crippen molar-refractivity contribution in [1.29, 1.82) is 0 Å². The standard InChI is InChI=1S/C15H15BrN2O3/c1-18-10-12(9-17-18)6-7-21-14-4-2-11(8-13(14)16)3-5-15(19)20/h2-5,8-10H,6-7H2,1H3,(H,19,20)/b5-3+. The van der Waals surface area contributed by atoms with Crippen LogP contribution in [0.3, 0.4) is 0 Å². The van der Waals surface area contributed by atoms with Crippen molar-refractivity contribution in [2.45, 2.75) is 6.42 Å². The molecule has 0 saturated heterocycles. The van der Waals surface area contributed by atoms with Crippen LogP contribution in [-0.4, -0.2) is 27.5 Å². The van der Waals surface area contributed by atoms with Gasteiger partial charge >= 0.3 is 5.97 Å². The molecule has 1 aromatic heterocycles. The van der Waals surface area contributed by atoms with Gasteiger partial charge < -0.3 is 9.84 Å². The minimum absolute atomic E-state index is 0.550. The van der Waals surface area contributed by atoms with Crippen molar-refractivity contribution in [1.82, 2.24) is 9.78 Å². The third-order valence-corrected chi connectivity index (χ3v) is 3.40. The highest BCUT2D eigenvalue weighted by Crippen LogP contribution is 2.26. The summed E-state index contributed by atoms with van der Waals surface area (Å²) in [6, 6.07) is 5.44. The summed E-state index contributed by atoms with van der Waals surface area (Å²) in [7, 11) is 1.88. The average molecular weight is 351 g/mol. The van der Waals surface area contributed by atoms with Gasteiger partial charge in [0.1, 0.15) is 5.75 Å². The number of hydrogen-bond acceptors (Lipinski definition) is 3. The van der Waals surface area contributed by atoms with Crippen LogP contribution in [0.4, 0.5) is 0 Å². The van der Waals surface area contributed by atoms with E-state index in [-0.39, 0.29) is 0 Å². The van der Waals surface area contributed by atoms with Gasteiger partial charge in [0.25, 0.3) is 0 Å². The Kier molecular flexibility index (Phi) is 5.16. The Balaban J connectivity index is 1.93. The van der Waals surface area contributed by atoms with Gasteiger partial charge in [-0.2, -0.15) is 5.10 Å². The fraction of sp³-hybridized carbons (Fsp3) is 0.200. The van der Waals surface area contributed by atoms with E-state index in [0.717, 1.165) is 33.8 Å². The Labute approximate surface area is 131 Å². The van der Waals surface area contributed by atoms with E-state index in [2.05, 4.69) is 21.0 Å². The highest BCUT2D eigenvalue weighted by molar-refractivity contribution is 9.10. The van der Waals surface area contributed by atoms with Crippen molar-refractivity contribution in [3.8, 4) is 5.75 Å². The van der Waals surface area contributed by atoms with Gasteiger partial charge in [-0.1, -0.05) is 6.07 Å². The number of aryl methyl sites for hydroxylation is 1. The van der Waals surface area contributed by atoms with Crippen molar-refractivity contribution in [2.24, 2.45) is 7.05 Å². The summed E-state index contributed by atoms with van der Waals surface area (Å²) in [5, 5.41) is 12.7. The van der Waals surface area contributed by atoms with Crippen molar-refractivity contribution in [3.05, 3.63) is 52.3 Å². The van der Waals surface area contributed by atoms with Gasteiger partial charge in [-0.05, 0) is 45.3 Å². The van der Waals surface area contributed by atoms with Crippen molar-refractivity contribution < 1.29 is 14.6 Å². The molecular weight excluding hydrogens is 336 g/mol. The molecule has 0 amide bonds. The predicted octanol–water partition coefficient (Wildman–Crippen LogP) is 2.90. The predicted molar refractivity (Wildman–Crippen MR) is 83.2 cm³/mol. The van der Waals surface area contributed by atoms with E-state index in [1.54, 1.807) is 4.68 Å². The Morgan fingerprint density at radius 2 is 2.33 bits per heavy atom. The quantitative estimate of drug-likeness (QED) is 0.813. The molecule has 2 aromatic rings. The lowest BCUT2D eigenvalue weighted by molar-refractivity contribution is -0.131. The molecule has 0 aliphatic heterocycles. The summed E-state index contributed by atoms with van der Waals surface area (Å²) in [6.07, 6.45) is 7.19. The van der Waals surface area contributed by atoms with Crippen LogP contribution >= 0.6 is 15.9 Å². The Morgan fingerprint density at radius 1 is 1.52 bits per heavy atom. The zero-order chi connectivity index (χ0) is 15.2. The molecule has 0 saturated carbocycles. The molecule has 0 radical (unpaired) electrons. The highest BCUT2D eigenvalue weighted by atomic mass is 79.9. The maximum Gasteiger partial charge on any atom is 0.328 e. The van der Waals surface area contributed by atoms with E-state index >= 15 is 0 Å². The molecule has 0 aliphatic carbocycles. The fourth-order valence-electron chi connectivity index (χ4n) is 1.79. The fourth-order valence-corrected chi connectivity index (χ4v) is 2.30. The van der Waals surface area contributed by atoms with E-state index in [1.165, 1.54) is 6.08 Å². The van der Waals surface area contributed by atoms with Crippen LogP contribution in [0.25, 0.3) is 6.08 Å².